The summed E-state index contributed by atoms with van der Waals surface area (Å²) in [5.74, 6) is 0.207. The van der Waals surface area contributed by atoms with Gasteiger partial charge < -0.3 is 10.8 Å². The quantitative estimate of drug-likeness (QED) is 0.631. The first kappa shape index (κ1) is 9.52. The van der Waals surface area contributed by atoms with Crippen LogP contribution in [-0.2, 0) is 4.79 Å². The van der Waals surface area contributed by atoms with Gasteiger partial charge in [0.15, 0.2) is 0 Å². The normalized spacial score (nSPS) is 35.8. The molecule has 3 nitrogen and oxygen atoms in total. The van der Waals surface area contributed by atoms with Crippen LogP contribution in [0.5, 0.6) is 0 Å². The van der Waals surface area contributed by atoms with E-state index >= 15 is 0 Å². The Kier molecular flexibility index (Phi) is 2.73. The van der Waals surface area contributed by atoms with E-state index in [9.17, 15) is 4.79 Å². The molecule has 70 valence electrons. The van der Waals surface area contributed by atoms with Crippen molar-refractivity contribution >= 4 is 5.97 Å². The Labute approximate surface area is 72.9 Å². The predicted molar refractivity (Wildman–Crippen MR) is 45.4 cm³/mol. The lowest BCUT2D eigenvalue weighted by Crippen LogP contribution is -2.67. The lowest BCUT2D eigenvalue weighted by molar-refractivity contribution is -0.438. The van der Waals surface area contributed by atoms with Crippen molar-refractivity contribution in [1.82, 2.24) is 0 Å². The lowest BCUT2D eigenvalue weighted by atomic mass is 9.89. The number of carboxylic acid groups (broad SMARTS) is 1. The van der Waals surface area contributed by atoms with E-state index in [4.69, 9.17) is 5.11 Å². The van der Waals surface area contributed by atoms with Crippen molar-refractivity contribution in [1.29, 1.82) is 0 Å². The average Bonchev–Trinajstić information content (AvgIpc) is 2.30. The molecule has 0 radical (unpaired) electrons. The second-order valence-electron chi connectivity index (χ2n) is 4.09. The molecule has 1 saturated carbocycles. The molecule has 3 heteroatoms. The van der Waals surface area contributed by atoms with Gasteiger partial charge in [-0.2, -0.15) is 0 Å². The molecule has 0 aromatic carbocycles. The Morgan fingerprint density at radius 2 is 2.08 bits per heavy atom. The molecule has 0 aromatic heterocycles. The van der Waals surface area contributed by atoms with Crippen LogP contribution in [-0.4, -0.2) is 17.1 Å². The Bertz CT molecular complexity index is 179. The van der Waals surface area contributed by atoms with Crippen molar-refractivity contribution in [3.63, 3.8) is 0 Å². The first-order chi connectivity index (χ1) is 5.54. The summed E-state index contributed by atoms with van der Waals surface area (Å²) in [5.41, 5.74) is 3.96. The molecule has 12 heavy (non-hydrogen) atoms. The zero-order valence-corrected chi connectivity index (χ0v) is 7.79. The fourth-order valence-electron chi connectivity index (χ4n) is 2.23. The molecule has 0 unspecified atom stereocenters. The summed E-state index contributed by atoms with van der Waals surface area (Å²) in [5, 5.41) is 8.84. The SMILES string of the molecule is CC(C)[C@@H]1CC[C@H](C(=O)O)[C@H]1[NH3+]. The Morgan fingerprint density at radius 3 is 2.33 bits per heavy atom. The van der Waals surface area contributed by atoms with E-state index in [1.54, 1.807) is 0 Å². The van der Waals surface area contributed by atoms with Crippen LogP contribution in [0.25, 0.3) is 0 Å². The minimum Gasteiger partial charge on any atom is -0.481 e. The highest BCUT2D eigenvalue weighted by molar-refractivity contribution is 5.71. The molecule has 0 heterocycles. The van der Waals surface area contributed by atoms with Crippen molar-refractivity contribution in [2.24, 2.45) is 17.8 Å². The predicted octanol–water partition coefficient (Wildman–Crippen LogP) is 0.364. The van der Waals surface area contributed by atoms with E-state index in [2.05, 4.69) is 19.6 Å². The Hall–Kier alpha value is -0.570. The fraction of sp³-hybridized carbons (Fsp3) is 0.889. The molecule has 4 N–H and O–H groups in total. The van der Waals surface area contributed by atoms with Gasteiger partial charge in [0.05, 0.1) is 0 Å². The first-order valence-electron chi connectivity index (χ1n) is 4.60. The largest absolute Gasteiger partial charge is 0.481 e. The molecule has 1 aliphatic rings. The first-order valence-corrected chi connectivity index (χ1v) is 4.60. The van der Waals surface area contributed by atoms with Gasteiger partial charge >= 0.3 is 5.97 Å². The lowest BCUT2D eigenvalue weighted by Gasteiger charge is -2.18. The highest BCUT2D eigenvalue weighted by Crippen LogP contribution is 2.33. The van der Waals surface area contributed by atoms with Gasteiger partial charge in [-0.15, -0.1) is 0 Å². The molecule has 0 saturated heterocycles. The molecule has 1 rings (SSSR count). The molecule has 3 atom stereocenters. The maximum Gasteiger partial charge on any atom is 0.312 e. The van der Waals surface area contributed by atoms with Gasteiger partial charge in [-0.25, -0.2) is 0 Å². The number of hydrogen-bond acceptors (Lipinski definition) is 1. The highest BCUT2D eigenvalue weighted by atomic mass is 16.4. The minimum atomic E-state index is -0.668. The van der Waals surface area contributed by atoms with Crippen molar-refractivity contribution in [2.45, 2.75) is 32.7 Å². The van der Waals surface area contributed by atoms with Crippen LogP contribution in [0, 0.1) is 17.8 Å². The topological polar surface area (TPSA) is 64.9 Å². The third-order valence-electron chi connectivity index (χ3n) is 3.05. The molecule has 1 fully saturated rings. The second kappa shape index (κ2) is 3.44. The van der Waals surface area contributed by atoms with Gasteiger partial charge in [0.25, 0.3) is 0 Å². The van der Waals surface area contributed by atoms with Crippen LogP contribution in [0.3, 0.4) is 0 Å². The zero-order chi connectivity index (χ0) is 9.30. The summed E-state index contributed by atoms with van der Waals surface area (Å²) in [6, 6.07) is 0.113. The fourth-order valence-corrected chi connectivity index (χ4v) is 2.23. The number of carbonyl (C=O) groups is 1. The van der Waals surface area contributed by atoms with Gasteiger partial charge in [-0.3, -0.25) is 4.79 Å². The molecule has 0 aliphatic heterocycles. The van der Waals surface area contributed by atoms with Gasteiger partial charge in [-0.1, -0.05) is 13.8 Å². The highest BCUT2D eigenvalue weighted by Gasteiger charge is 2.41. The van der Waals surface area contributed by atoms with Crippen LogP contribution in [0.4, 0.5) is 0 Å². The van der Waals surface area contributed by atoms with E-state index in [0.29, 0.717) is 11.8 Å². The third-order valence-corrected chi connectivity index (χ3v) is 3.05. The average molecular weight is 172 g/mol. The molecule has 0 aromatic rings. The zero-order valence-electron chi connectivity index (χ0n) is 7.79. The standard InChI is InChI=1S/C9H17NO2/c1-5(2)6-3-4-7(8(6)10)9(11)12/h5-8H,3-4,10H2,1-2H3,(H,11,12)/p+1/t6-,7-,8-/m0/s1. The third kappa shape index (κ3) is 1.61. The molecular formula is C9H18NO2+. The van der Waals surface area contributed by atoms with E-state index in [-0.39, 0.29) is 12.0 Å². The van der Waals surface area contributed by atoms with E-state index in [0.717, 1.165) is 12.8 Å². The summed E-state index contributed by atoms with van der Waals surface area (Å²) in [7, 11) is 0. The van der Waals surface area contributed by atoms with Crippen molar-refractivity contribution < 1.29 is 15.6 Å². The van der Waals surface area contributed by atoms with E-state index < -0.39 is 5.97 Å². The summed E-state index contributed by atoms with van der Waals surface area (Å²) >= 11 is 0. The van der Waals surface area contributed by atoms with Crippen molar-refractivity contribution in [3.05, 3.63) is 0 Å². The van der Waals surface area contributed by atoms with Gasteiger partial charge in [0.2, 0.25) is 0 Å². The van der Waals surface area contributed by atoms with Crippen molar-refractivity contribution in [3.8, 4) is 0 Å². The number of carboxylic acids is 1. The van der Waals surface area contributed by atoms with Gasteiger partial charge in [-0.05, 0) is 18.8 Å². The van der Waals surface area contributed by atoms with Crippen LogP contribution >= 0.6 is 0 Å². The Morgan fingerprint density at radius 1 is 1.50 bits per heavy atom. The maximum atomic E-state index is 10.7. The number of hydrogen-bond donors (Lipinski definition) is 2. The number of quaternary nitrogens is 1. The minimum absolute atomic E-state index is 0.113. The van der Waals surface area contributed by atoms with E-state index in [1.807, 2.05) is 0 Å². The summed E-state index contributed by atoms with van der Waals surface area (Å²) in [4.78, 5) is 10.7. The number of aliphatic carboxylic acids is 1. The molecule has 0 bridgehead atoms. The maximum absolute atomic E-state index is 10.7. The molecule has 1 aliphatic carbocycles. The van der Waals surface area contributed by atoms with Crippen LogP contribution in [0.2, 0.25) is 0 Å². The van der Waals surface area contributed by atoms with Crippen LogP contribution in [0.1, 0.15) is 26.7 Å². The van der Waals surface area contributed by atoms with Crippen LogP contribution < -0.4 is 5.73 Å². The summed E-state index contributed by atoms with van der Waals surface area (Å²) < 4.78 is 0. The Balaban J connectivity index is 2.61. The van der Waals surface area contributed by atoms with Crippen molar-refractivity contribution in [2.75, 3.05) is 0 Å². The number of rotatable bonds is 2. The van der Waals surface area contributed by atoms with Gasteiger partial charge in [0, 0.05) is 5.92 Å². The van der Waals surface area contributed by atoms with E-state index in [1.165, 1.54) is 0 Å². The van der Waals surface area contributed by atoms with Crippen LogP contribution in [0.15, 0.2) is 0 Å². The molecular weight excluding hydrogens is 154 g/mol. The smallest absolute Gasteiger partial charge is 0.312 e. The second-order valence-corrected chi connectivity index (χ2v) is 4.09. The molecule has 0 amide bonds. The monoisotopic (exact) mass is 172 g/mol. The van der Waals surface area contributed by atoms with Gasteiger partial charge in [0.1, 0.15) is 12.0 Å². The summed E-state index contributed by atoms with van der Waals surface area (Å²) in [6.07, 6.45) is 1.84. The summed E-state index contributed by atoms with van der Waals surface area (Å²) in [6.45, 7) is 4.29. The molecule has 0 spiro atoms.